The highest BCUT2D eigenvalue weighted by molar-refractivity contribution is 6.42. The van der Waals surface area contributed by atoms with E-state index in [4.69, 9.17) is 23.2 Å². The molecule has 0 amide bonds. The maximum Gasteiger partial charge on any atom is 0.0595 e. The summed E-state index contributed by atoms with van der Waals surface area (Å²) in [4.78, 5) is 2.46. The first-order valence-corrected chi connectivity index (χ1v) is 8.22. The Bertz CT molecular complexity index is 392. The Labute approximate surface area is 133 Å². The lowest BCUT2D eigenvalue weighted by molar-refractivity contribution is 0.290. The van der Waals surface area contributed by atoms with Crippen LogP contribution in [0.25, 0.3) is 0 Å². The molecule has 0 bridgehead atoms. The molecule has 1 unspecified atom stereocenters. The lowest BCUT2D eigenvalue weighted by Gasteiger charge is -2.19. The Morgan fingerprint density at radius 2 is 1.85 bits per heavy atom. The first-order chi connectivity index (χ1) is 9.56. The van der Waals surface area contributed by atoms with E-state index in [9.17, 15) is 0 Å². The van der Waals surface area contributed by atoms with Crippen molar-refractivity contribution in [3.8, 4) is 0 Å². The number of benzene rings is 1. The van der Waals surface area contributed by atoms with Gasteiger partial charge in [0, 0.05) is 12.6 Å². The summed E-state index contributed by atoms with van der Waals surface area (Å²) in [6.45, 7) is 11.0. The third-order valence-corrected chi connectivity index (χ3v) is 4.38. The van der Waals surface area contributed by atoms with Crippen LogP contribution in [-0.2, 0) is 6.54 Å². The highest BCUT2D eigenvalue weighted by Crippen LogP contribution is 2.22. The van der Waals surface area contributed by atoms with E-state index in [2.05, 4.69) is 31.0 Å². The van der Waals surface area contributed by atoms with Crippen LogP contribution in [0.2, 0.25) is 10.0 Å². The largest absolute Gasteiger partial charge is 0.310 e. The fourth-order valence-corrected chi connectivity index (χ4v) is 2.53. The predicted octanol–water partition coefficient (Wildman–Crippen LogP) is 4.59. The second-order valence-corrected chi connectivity index (χ2v) is 6.01. The van der Waals surface area contributed by atoms with E-state index in [1.807, 2.05) is 18.2 Å². The van der Waals surface area contributed by atoms with E-state index in [1.165, 1.54) is 24.9 Å². The molecule has 4 heteroatoms. The molecule has 0 fully saturated rings. The van der Waals surface area contributed by atoms with Crippen LogP contribution in [-0.4, -0.2) is 30.6 Å². The van der Waals surface area contributed by atoms with Crippen molar-refractivity contribution < 1.29 is 0 Å². The Kier molecular flexibility index (Phi) is 8.55. The van der Waals surface area contributed by atoms with Gasteiger partial charge in [-0.15, -0.1) is 0 Å². The minimum absolute atomic E-state index is 0.514. The standard InChI is InChI=1S/C16H26Cl2N2/c1-4-20(5-2)10-6-7-13(3)19-12-14-8-9-15(17)16(18)11-14/h8-9,11,13,19H,4-7,10,12H2,1-3H3. The normalized spacial score (nSPS) is 12.9. The fraction of sp³-hybridized carbons (Fsp3) is 0.625. The van der Waals surface area contributed by atoms with Crippen LogP contribution >= 0.6 is 23.2 Å². The zero-order valence-electron chi connectivity index (χ0n) is 12.8. The lowest BCUT2D eigenvalue weighted by Crippen LogP contribution is -2.28. The van der Waals surface area contributed by atoms with Gasteiger partial charge in [0.2, 0.25) is 0 Å². The molecule has 20 heavy (non-hydrogen) atoms. The van der Waals surface area contributed by atoms with Gasteiger partial charge in [-0.25, -0.2) is 0 Å². The van der Waals surface area contributed by atoms with Crippen molar-refractivity contribution in [3.05, 3.63) is 33.8 Å². The molecule has 0 heterocycles. The summed E-state index contributed by atoms with van der Waals surface area (Å²) in [6.07, 6.45) is 2.43. The molecule has 0 aliphatic rings. The second kappa shape index (κ2) is 9.62. The van der Waals surface area contributed by atoms with E-state index in [1.54, 1.807) is 0 Å². The molecule has 1 aromatic rings. The van der Waals surface area contributed by atoms with Crippen LogP contribution in [0.15, 0.2) is 18.2 Å². The van der Waals surface area contributed by atoms with Crippen molar-refractivity contribution in [2.24, 2.45) is 0 Å². The molecule has 1 aromatic carbocycles. The molecule has 0 aromatic heterocycles. The zero-order chi connectivity index (χ0) is 15.0. The number of nitrogens with zero attached hydrogens (tertiary/aromatic N) is 1. The molecular formula is C16H26Cl2N2. The molecule has 0 saturated heterocycles. The molecular weight excluding hydrogens is 291 g/mol. The number of hydrogen-bond acceptors (Lipinski definition) is 2. The highest BCUT2D eigenvalue weighted by Gasteiger charge is 2.05. The summed E-state index contributed by atoms with van der Waals surface area (Å²) in [6, 6.07) is 6.31. The third kappa shape index (κ3) is 6.45. The Morgan fingerprint density at radius 3 is 2.45 bits per heavy atom. The van der Waals surface area contributed by atoms with Crippen LogP contribution in [0.4, 0.5) is 0 Å². The van der Waals surface area contributed by atoms with E-state index >= 15 is 0 Å². The van der Waals surface area contributed by atoms with Gasteiger partial charge in [-0.2, -0.15) is 0 Å². The molecule has 2 nitrogen and oxygen atoms in total. The van der Waals surface area contributed by atoms with Gasteiger partial charge in [-0.3, -0.25) is 0 Å². The highest BCUT2D eigenvalue weighted by atomic mass is 35.5. The van der Waals surface area contributed by atoms with Gasteiger partial charge in [-0.05, 0) is 57.1 Å². The van der Waals surface area contributed by atoms with Gasteiger partial charge in [0.15, 0.2) is 0 Å². The van der Waals surface area contributed by atoms with Crippen molar-refractivity contribution in [2.75, 3.05) is 19.6 Å². The van der Waals surface area contributed by atoms with Gasteiger partial charge < -0.3 is 10.2 Å². The van der Waals surface area contributed by atoms with Crippen LogP contribution < -0.4 is 5.32 Å². The number of nitrogens with one attached hydrogen (secondary N) is 1. The number of hydrogen-bond donors (Lipinski definition) is 1. The monoisotopic (exact) mass is 316 g/mol. The minimum atomic E-state index is 0.514. The molecule has 0 aliphatic carbocycles. The van der Waals surface area contributed by atoms with Crippen molar-refractivity contribution in [2.45, 2.75) is 46.2 Å². The van der Waals surface area contributed by atoms with Crippen LogP contribution in [0.1, 0.15) is 39.2 Å². The summed E-state index contributed by atoms with van der Waals surface area (Å²) >= 11 is 11.9. The summed E-state index contributed by atoms with van der Waals surface area (Å²) in [5.41, 5.74) is 1.18. The molecule has 0 radical (unpaired) electrons. The van der Waals surface area contributed by atoms with E-state index in [0.29, 0.717) is 16.1 Å². The fourth-order valence-electron chi connectivity index (χ4n) is 2.20. The van der Waals surface area contributed by atoms with Gasteiger partial charge in [0.25, 0.3) is 0 Å². The zero-order valence-corrected chi connectivity index (χ0v) is 14.3. The van der Waals surface area contributed by atoms with E-state index in [-0.39, 0.29) is 0 Å². The summed E-state index contributed by atoms with van der Waals surface area (Å²) in [5, 5.41) is 4.77. The van der Waals surface area contributed by atoms with Gasteiger partial charge in [-0.1, -0.05) is 43.1 Å². The van der Waals surface area contributed by atoms with Crippen LogP contribution in [0.5, 0.6) is 0 Å². The van der Waals surface area contributed by atoms with Gasteiger partial charge in [0.05, 0.1) is 10.0 Å². The molecule has 1 rings (SSSR count). The molecule has 0 spiro atoms. The maximum absolute atomic E-state index is 6.01. The van der Waals surface area contributed by atoms with Crippen molar-refractivity contribution >= 4 is 23.2 Å². The third-order valence-electron chi connectivity index (χ3n) is 3.64. The SMILES string of the molecule is CCN(CC)CCCC(C)NCc1ccc(Cl)c(Cl)c1. The molecule has 114 valence electrons. The lowest BCUT2D eigenvalue weighted by atomic mass is 10.1. The second-order valence-electron chi connectivity index (χ2n) is 5.20. The Morgan fingerprint density at radius 1 is 1.15 bits per heavy atom. The van der Waals surface area contributed by atoms with E-state index < -0.39 is 0 Å². The molecule has 0 aliphatic heterocycles. The van der Waals surface area contributed by atoms with Crippen molar-refractivity contribution in [3.63, 3.8) is 0 Å². The van der Waals surface area contributed by atoms with Crippen LogP contribution in [0, 0.1) is 0 Å². The van der Waals surface area contributed by atoms with Gasteiger partial charge in [0.1, 0.15) is 0 Å². The smallest absolute Gasteiger partial charge is 0.0595 e. The number of halogens is 2. The quantitative estimate of drug-likeness (QED) is 0.716. The summed E-state index contributed by atoms with van der Waals surface area (Å²) in [7, 11) is 0. The average molecular weight is 317 g/mol. The molecule has 1 atom stereocenters. The topological polar surface area (TPSA) is 15.3 Å². The summed E-state index contributed by atoms with van der Waals surface area (Å²) in [5.74, 6) is 0. The van der Waals surface area contributed by atoms with Crippen molar-refractivity contribution in [1.29, 1.82) is 0 Å². The van der Waals surface area contributed by atoms with Crippen molar-refractivity contribution in [1.82, 2.24) is 10.2 Å². The first kappa shape index (κ1) is 17.8. The van der Waals surface area contributed by atoms with Gasteiger partial charge >= 0.3 is 0 Å². The van der Waals surface area contributed by atoms with E-state index in [0.717, 1.165) is 19.6 Å². The maximum atomic E-state index is 6.01. The number of rotatable bonds is 9. The van der Waals surface area contributed by atoms with Crippen LogP contribution in [0.3, 0.4) is 0 Å². The molecule has 0 saturated carbocycles. The Hall–Kier alpha value is -0.280. The Balaban J connectivity index is 2.25. The first-order valence-electron chi connectivity index (χ1n) is 7.46. The summed E-state index contributed by atoms with van der Waals surface area (Å²) < 4.78 is 0. The minimum Gasteiger partial charge on any atom is -0.310 e. The predicted molar refractivity (Wildman–Crippen MR) is 89.8 cm³/mol. The molecule has 1 N–H and O–H groups in total. The average Bonchev–Trinajstić information content (AvgIpc) is 2.45.